The van der Waals surface area contributed by atoms with E-state index in [1.54, 1.807) is 43.3 Å². The number of nitrogens with zero attached hydrogens (tertiary/aromatic N) is 1. The van der Waals surface area contributed by atoms with Crippen molar-refractivity contribution in [1.82, 2.24) is 4.98 Å². The number of ether oxygens (including phenoxy) is 1. The van der Waals surface area contributed by atoms with Crippen molar-refractivity contribution < 1.29 is 13.9 Å². The molecule has 0 saturated carbocycles. The highest BCUT2D eigenvalue weighted by Crippen LogP contribution is 2.29. The topological polar surface area (TPSA) is 64.4 Å². The van der Waals surface area contributed by atoms with Crippen LogP contribution in [0.3, 0.4) is 0 Å². The highest BCUT2D eigenvalue weighted by molar-refractivity contribution is 6.35. The van der Waals surface area contributed by atoms with Crippen LogP contribution in [0, 0.1) is 6.92 Å². The first-order chi connectivity index (χ1) is 14.4. The molecule has 0 aliphatic heterocycles. The lowest BCUT2D eigenvalue weighted by atomic mass is 10.1. The number of carbonyl (C=O) groups excluding carboxylic acids is 1. The summed E-state index contributed by atoms with van der Waals surface area (Å²) in [6.07, 6.45) is -0.764. The lowest BCUT2D eigenvalue weighted by Gasteiger charge is -2.15. The summed E-state index contributed by atoms with van der Waals surface area (Å²) >= 11 is 12.0. The number of amides is 1. The Morgan fingerprint density at radius 3 is 2.57 bits per heavy atom. The second kappa shape index (κ2) is 8.38. The maximum atomic E-state index is 12.5. The number of halogens is 2. The van der Waals surface area contributed by atoms with E-state index in [0.717, 1.165) is 11.1 Å². The minimum absolute atomic E-state index is 0.317. The standard InChI is InChI=1S/C23H18Cl2N2O3/c1-13-3-5-15(6-4-13)23-27-19-12-17(8-10-21(19)30-23)26-22(28)14(2)29-20-9-7-16(24)11-18(20)25/h3-12,14H,1-2H3,(H,26,28). The number of rotatable bonds is 5. The van der Waals surface area contributed by atoms with Crippen molar-refractivity contribution in [3.05, 3.63) is 76.3 Å². The summed E-state index contributed by atoms with van der Waals surface area (Å²) in [5.74, 6) is 0.601. The number of carbonyl (C=O) groups is 1. The van der Waals surface area contributed by atoms with Gasteiger partial charge < -0.3 is 14.5 Å². The Bertz CT molecular complexity index is 1220. The van der Waals surface area contributed by atoms with Crippen LogP contribution in [0.2, 0.25) is 10.0 Å². The Balaban J connectivity index is 1.49. The third-order valence-corrected chi connectivity index (χ3v) is 5.05. The molecule has 0 aliphatic carbocycles. The molecule has 1 atom stereocenters. The summed E-state index contributed by atoms with van der Waals surface area (Å²) in [5, 5.41) is 3.66. The third-order valence-electron chi connectivity index (χ3n) is 4.52. The number of hydrogen-bond acceptors (Lipinski definition) is 4. The van der Waals surface area contributed by atoms with Gasteiger partial charge in [0.15, 0.2) is 11.7 Å². The van der Waals surface area contributed by atoms with E-state index in [9.17, 15) is 4.79 Å². The molecular weight excluding hydrogens is 423 g/mol. The van der Waals surface area contributed by atoms with E-state index in [1.807, 2.05) is 31.2 Å². The van der Waals surface area contributed by atoms with Gasteiger partial charge in [0.25, 0.3) is 5.91 Å². The van der Waals surface area contributed by atoms with Gasteiger partial charge in [-0.1, -0.05) is 40.9 Å². The lowest BCUT2D eigenvalue weighted by molar-refractivity contribution is -0.122. The van der Waals surface area contributed by atoms with Crippen LogP contribution in [0.5, 0.6) is 5.75 Å². The van der Waals surface area contributed by atoms with Crippen molar-refractivity contribution in [1.29, 1.82) is 0 Å². The summed E-state index contributed by atoms with van der Waals surface area (Å²) in [4.78, 5) is 17.1. The normalized spacial score (nSPS) is 12.0. The van der Waals surface area contributed by atoms with Gasteiger partial charge in [0.1, 0.15) is 11.3 Å². The fourth-order valence-corrected chi connectivity index (χ4v) is 3.34. The van der Waals surface area contributed by atoms with Crippen LogP contribution in [-0.2, 0) is 4.79 Å². The molecule has 152 valence electrons. The SMILES string of the molecule is Cc1ccc(-c2nc3cc(NC(=O)C(C)Oc4ccc(Cl)cc4Cl)ccc3o2)cc1. The first kappa shape index (κ1) is 20.3. The van der Waals surface area contributed by atoms with E-state index in [0.29, 0.717) is 38.5 Å². The summed E-state index contributed by atoms with van der Waals surface area (Å²) in [7, 11) is 0. The fourth-order valence-electron chi connectivity index (χ4n) is 2.88. The number of fused-ring (bicyclic) bond motifs is 1. The number of benzene rings is 3. The monoisotopic (exact) mass is 440 g/mol. The Morgan fingerprint density at radius 1 is 1.07 bits per heavy atom. The molecule has 1 N–H and O–H groups in total. The van der Waals surface area contributed by atoms with Gasteiger partial charge in [0.05, 0.1) is 5.02 Å². The van der Waals surface area contributed by atoms with Crippen molar-refractivity contribution in [2.45, 2.75) is 20.0 Å². The molecule has 0 radical (unpaired) electrons. The van der Waals surface area contributed by atoms with Gasteiger partial charge >= 0.3 is 0 Å². The van der Waals surface area contributed by atoms with Crippen LogP contribution in [0.4, 0.5) is 5.69 Å². The molecular formula is C23H18Cl2N2O3. The smallest absolute Gasteiger partial charge is 0.265 e. The molecule has 0 fully saturated rings. The number of oxazole rings is 1. The predicted molar refractivity (Wildman–Crippen MR) is 119 cm³/mol. The lowest BCUT2D eigenvalue weighted by Crippen LogP contribution is -2.30. The second-order valence-electron chi connectivity index (χ2n) is 6.89. The third kappa shape index (κ3) is 4.42. The average Bonchev–Trinajstić information content (AvgIpc) is 3.14. The second-order valence-corrected chi connectivity index (χ2v) is 7.74. The van der Waals surface area contributed by atoms with E-state index >= 15 is 0 Å². The zero-order valence-corrected chi connectivity index (χ0v) is 17.8. The molecule has 0 bridgehead atoms. The Kier molecular flexibility index (Phi) is 5.66. The van der Waals surface area contributed by atoms with E-state index in [2.05, 4.69) is 10.3 Å². The number of aryl methyl sites for hydroxylation is 1. The van der Waals surface area contributed by atoms with Gasteiger partial charge in [0.2, 0.25) is 5.89 Å². The molecule has 0 spiro atoms. The van der Waals surface area contributed by atoms with Crippen LogP contribution in [0.15, 0.2) is 65.1 Å². The molecule has 1 unspecified atom stereocenters. The molecule has 0 aliphatic rings. The van der Waals surface area contributed by atoms with Crippen molar-refractivity contribution in [2.24, 2.45) is 0 Å². The fraction of sp³-hybridized carbons (Fsp3) is 0.130. The van der Waals surface area contributed by atoms with Crippen LogP contribution in [-0.4, -0.2) is 17.0 Å². The number of aromatic nitrogens is 1. The van der Waals surface area contributed by atoms with Crippen LogP contribution in [0.1, 0.15) is 12.5 Å². The summed E-state index contributed by atoms with van der Waals surface area (Å²) in [6, 6.07) is 18.1. The maximum absolute atomic E-state index is 12.5. The molecule has 1 amide bonds. The van der Waals surface area contributed by atoms with Gasteiger partial charge in [-0.3, -0.25) is 4.79 Å². The van der Waals surface area contributed by atoms with Crippen molar-refractivity contribution >= 4 is 45.9 Å². The van der Waals surface area contributed by atoms with Gasteiger partial charge in [-0.25, -0.2) is 4.98 Å². The summed E-state index contributed by atoms with van der Waals surface area (Å²) in [6.45, 7) is 3.67. The average molecular weight is 441 g/mol. The molecule has 3 aromatic carbocycles. The zero-order chi connectivity index (χ0) is 21.3. The van der Waals surface area contributed by atoms with Crippen LogP contribution in [0.25, 0.3) is 22.6 Å². The van der Waals surface area contributed by atoms with Crippen molar-refractivity contribution in [2.75, 3.05) is 5.32 Å². The quantitative estimate of drug-likeness (QED) is 0.383. The largest absolute Gasteiger partial charge is 0.479 e. The first-order valence-corrected chi connectivity index (χ1v) is 10.0. The highest BCUT2D eigenvalue weighted by atomic mass is 35.5. The predicted octanol–water partition coefficient (Wildman–Crippen LogP) is 6.52. The molecule has 7 heteroatoms. The van der Waals surface area contributed by atoms with Crippen molar-refractivity contribution in [3.8, 4) is 17.2 Å². The Morgan fingerprint density at radius 2 is 1.83 bits per heavy atom. The molecule has 30 heavy (non-hydrogen) atoms. The minimum atomic E-state index is -0.764. The molecule has 1 heterocycles. The Labute approximate surface area is 183 Å². The zero-order valence-electron chi connectivity index (χ0n) is 16.3. The molecule has 1 aromatic heterocycles. The van der Waals surface area contributed by atoms with Crippen molar-refractivity contribution in [3.63, 3.8) is 0 Å². The van der Waals surface area contributed by atoms with E-state index < -0.39 is 6.10 Å². The van der Waals surface area contributed by atoms with E-state index in [4.69, 9.17) is 32.4 Å². The minimum Gasteiger partial charge on any atom is -0.479 e. The van der Waals surface area contributed by atoms with E-state index in [-0.39, 0.29) is 5.91 Å². The van der Waals surface area contributed by atoms with E-state index in [1.165, 1.54) is 0 Å². The molecule has 5 nitrogen and oxygen atoms in total. The van der Waals surface area contributed by atoms with Gasteiger partial charge in [-0.15, -0.1) is 0 Å². The summed E-state index contributed by atoms with van der Waals surface area (Å²) in [5.41, 5.74) is 3.94. The molecule has 4 aromatic rings. The number of anilines is 1. The van der Waals surface area contributed by atoms with Crippen LogP contribution < -0.4 is 10.1 Å². The van der Waals surface area contributed by atoms with Crippen LogP contribution >= 0.6 is 23.2 Å². The van der Waals surface area contributed by atoms with Gasteiger partial charge in [-0.2, -0.15) is 0 Å². The maximum Gasteiger partial charge on any atom is 0.265 e. The molecule has 4 rings (SSSR count). The first-order valence-electron chi connectivity index (χ1n) is 9.29. The molecule has 0 saturated heterocycles. The number of nitrogens with one attached hydrogen (secondary N) is 1. The highest BCUT2D eigenvalue weighted by Gasteiger charge is 2.17. The van der Waals surface area contributed by atoms with Gasteiger partial charge in [-0.05, 0) is 62.4 Å². The van der Waals surface area contributed by atoms with Gasteiger partial charge in [0, 0.05) is 16.3 Å². The number of hydrogen-bond donors (Lipinski definition) is 1. The Hall–Kier alpha value is -3.02. The summed E-state index contributed by atoms with van der Waals surface area (Å²) < 4.78 is 11.5.